The molecule has 11 heteroatoms. The lowest BCUT2D eigenvalue weighted by Gasteiger charge is -2.12. The number of halogens is 2. The van der Waals surface area contributed by atoms with Crippen molar-refractivity contribution in [1.82, 2.24) is 20.3 Å². The van der Waals surface area contributed by atoms with E-state index >= 15 is 4.39 Å². The Labute approximate surface area is 178 Å². The van der Waals surface area contributed by atoms with Crippen LogP contribution >= 0.6 is 11.6 Å². The quantitative estimate of drug-likeness (QED) is 0.482. The summed E-state index contributed by atoms with van der Waals surface area (Å²) >= 11 is 6.12. The van der Waals surface area contributed by atoms with Crippen LogP contribution in [0.5, 0.6) is 0 Å². The van der Waals surface area contributed by atoms with Crippen molar-refractivity contribution in [3.8, 4) is 11.1 Å². The first-order chi connectivity index (χ1) is 14.3. The Morgan fingerprint density at radius 3 is 2.67 bits per heavy atom. The maximum absolute atomic E-state index is 15.1. The molecule has 0 saturated carbocycles. The monoisotopic (exact) mass is 453 g/mol. The van der Waals surface area contributed by atoms with E-state index in [4.69, 9.17) is 11.6 Å². The van der Waals surface area contributed by atoms with E-state index in [1.165, 1.54) is 6.07 Å². The number of sulfonamides is 1. The van der Waals surface area contributed by atoms with Crippen LogP contribution in [0.15, 0.2) is 29.3 Å². The molecule has 0 aliphatic rings. The second kappa shape index (κ2) is 9.07. The summed E-state index contributed by atoms with van der Waals surface area (Å²) in [5.74, 6) is -1.73. The van der Waals surface area contributed by atoms with Gasteiger partial charge in [0, 0.05) is 29.9 Å². The number of pyridine rings is 3. The van der Waals surface area contributed by atoms with Gasteiger partial charge in [-0.3, -0.25) is 14.5 Å². The lowest BCUT2D eigenvalue weighted by molar-refractivity contribution is 0.596. The van der Waals surface area contributed by atoms with E-state index in [0.717, 1.165) is 18.4 Å². The highest BCUT2D eigenvalue weighted by Gasteiger charge is 2.22. The molecule has 0 aromatic carbocycles. The van der Waals surface area contributed by atoms with E-state index in [-0.39, 0.29) is 21.9 Å². The van der Waals surface area contributed by atoms with Gasteiger partial charge in [0.05, 0.1) is 27.5 Å². The molecular formula is C19H21ClFN5O3S. The van der Waals surface area contributed by atoms with Gasteiger partial charge in [-0.15, -0.1) is 0 Å². The molecule has 0 aliphatic carbocycles. The largest absolute Gasteiger partial charge is 0.321 e. The second-order valence-electron chi connectivity index (χ2n) is 6.62. The van der Waals surface area contributed by atoms with Crippen molar-refractivity contribution in [3.05, 3.63) is 51.4 Å². The van der Waals surface area contributed by atoms with Crippen molar-refractivity contribution < 1.29 is 12.8 Å². The normalized spacial score (nSPS) is 11.7. The fourth-order valence-electron chi connectivity index (χ4n) is 2.93. The first-order valence-corrected chi connectivity index (χ1v) is 11.4. The van der Waals surface area contributed by atoms with Crippen molar-refractivity contribution in [2.24, 2.45) is 0 Å². The number of H-pyrrole nitrogens is 1. The summed E-state index contributed by atoms with van der Waals surface area (Å²) in [6, 6.07) is 3.20. The smallest absolute Gasteiger partial charge is 0.256 e. The van der Waals surface area contributed by atoms with E-state index < -0.39 is 27.2 Å². The first kappa shape index (κ1) is 22.1. The van der Waals surface area contributed by atoms with Crippen molar-refractivity contribution in [3.63, 3.8) is 0 Å². The van der Waals surface area contributed by atoms with Crippen LogP contribution < -0.4 is 15.6 Å². The van der Waals surface area contributed by atoms with Gasteiger partial charge in [0.15, 0.2) is 11.6 Å². The average Bonchev–Trinajstić information content (AvgIpc) is 2.69. The molecule has 0 spiro atoms. The molecule has 30 heavy (non-hydrogen) atoms. The van der Waals surface area contributed by atoms with Crippen LogP contribution in [-0.2, 0) is 16.6 Å². The Balaban J connectivity index is 2.09. The number of nitrogens with one attached hydrogen (secondary N) is 3. The van der Waals surface area contributed by atoms with E-state index in [1.54, 1.807) is 19.2 Å². The third-order valence-electron chi connectivity index (χ3n) is 4.31. The molecular weight excluding hydrogens is 433 g/mol. The maximum atomic E-state index is 15.1. The van der Waals surface area contributed by atoms with Crippen molar-refractivity contribution >= 4 is 38.3 Å². The molecule has 3 rings (SSSR count). The summed E-state index contributed by atoms with van der Waals surface area (Å²) in [6.45, 7) is 4.98. The molecule has 0 atom stereocenters. The van der Waals surface area contributed by atoms with Crippen LogP contribution in [0.25, 0.3) is 22.0 Å². The van der Waals surface area contributed by atoms with E-state index in [1.807, 2.05) is 6.92 Å². The highest BCUT2D eigenvalue weighted by Crippen LogP contribution is 2.32. The Morgan fingerprint density at radius 2 is 1.97 bits per heavy atom. The number of aromatic amines is 1. The topological polar surface area (TPSA) is 117 Å². The summed E-state index contributed by atoms with van der Waals surface area (Å²) in [5, 5.41) is 3.60. The fraction of sp³-hybridized carbons (Fsp3) is 0.316. The molecule has 0 fully saturated rings. The van der Waals surface area contributed by atoms with Crippen molar-refractivity contribution in [2.45, 2.75) is 26.8 Å². The third-order valence-corrected chi connectivity index (χ3v) is 6.04. The summed E-state index contributed by atoms with van der Waals surface area (Å²) in [6.07, 6.45) is 3.02. The Hall–Kier alpha value is -2.56. The number of aromatic nitrogens is 3. The zero-order valence-corrected chi connectivity index (χ0v) is 18.0. The minimum atomic E-state index is -3.77. The maximum Gasteiger partial charge on any atom is 0.256 e. The van der Waals surface area contributed by atoms with Crippen LogP contribution in [0.2, 0.25) is 5.02 Å². The molecule has 0 saturated heterocycles. The minimum Gasteiger partial charge on any atom is -0.321 e. The minimum absolute atomic E-state index is 0.0513. The van der Waals surface area contributed by atoms with Gasteiger partial charge in [-0.2, -0.15) is 0 Å². The molecule has 3 aromatic rings. The zero-order chi connectivity index (χ0) is 21.9. The zero-order valence-electron chi connectivity index (χ0n) is 16.4. The van der Waals surface area contributed by atoms with Gasteiger partial charge in [0.25, 0.3) is 5.56 Å². The Bertz CT molecular complexity index is 1250. The lowest BCUT2D eigenvalue weighted by Crippen LogP contribution is -2.19. The molecule has 0 radical (unpaired) electrons. The lowest BCUT2D eigenvalue weighted by atomic mass is 10.1. The van der Waals surface area contributed by atoms with E-state index in [9.17, 15) is 13.2 Å². The van der Waals surface area contributed by atoms with E-state index in [2.05, 4.69) is 25.0 Å². The number of rotatable bonds is 8. The van der Waals surface area contributed by atoms with Gasteiger partial charge in [-0.25, -0.2) is 17.8 Å². The first-order valence-electron chi connectivity index (χ1n) is 9.33. The molecule has 3 N–H and O–H groups in total. The summed E-state index contributed by atoms with van der Waals surface area (Å²) < 4.78 is 41.2. The average molecular weight is 454 g/mol. The number of nitrogens with zero attached hydrogens (tertiary/aromatic N) is 2. The van der Waals surface area contributed by atoms with Gasteiger partial charge in [-0.1, -0.05) is 25.4 Å². The van der Waals surface area contributed by atoms with Gasteiger partial charge in [0.2, 0.25) is 10.0 Å². The highest BCUT2D eigenvalue weighted by molar-refractivity contribution is 7.92. The fourth-order valence-corrected chi connectivity index (χ4v) is 4.24. The molecule has 0 bridgehead atoms. The van der Waals surface area contributed by atoms with Crippen LogP contribution in [0.4, 0.5) is 10.2 Å². The molecule has 3 heterocycles. The Morgan fingerprint density at radius 1 is 1.20 bits per heavy atom. The van der Waals surface area contributed by atoms with Gasteiger partial charge in [0.1, 0.15) is 0 Å². The van der Waals surface area contributed by atoms with Crippen LogP contribution in [-0.4, -0.2) is 35.7 Å². The predicted octanol–water partition coefficient (Wildman–Crippen LogP) is 3.04. The molecule has 0 aliphatic heterocycles. The molecule has 160 valence electrons. The molecule has 3 aromatic heterocycles. The highest BCUT2D eigenvalue weighted by atomic mass is 35.5. The van der Waals surface area contributed by atoms with Crippen LogP contribution in [0.3, 0.4) is 0 Å². The second-order valence-corrected chi connectivity index (χ2v) is 8.87. The van der Waals surface area contributed by atoms with Crippen LogP contribution in [0.1, 0.15) is 26.0 Å². The van der Waals surface area contributed by atoms with Gasteiger partial charge < -0.3 is 10.3 Å². The Kier molecular flexibility index (Phi) is 6.69. The van der Waals surface area contributed by atoms with Crippen molar-refractivity contribution in [2.75, 3.05) is 17.0 Å². The molecule has 0 amide bonds. The third kappa shape index (κ3) is 4.77. The number of anilines is 1. The summed E-state index contributed by atoms with van der Waals surface area (Å²) in [5.41, 5.74) is 0.428. The number of hydrogen-bond donors (Lipinski definition) is 3. The predicted molar refractivity (Wildman–Crippen MR) is 116 cm³/mol. The number of hydrogen-bond acceptors (Lipinski definition) is 6. The standard InChI is InChI=1S/C19H21ClFN5O3S/c1-3-5-30(28,29)26-18-17(21)16(14(20)10-24-18)13-6-11-8-23-12(9-22-4-2)7-15(11)25-19(13)27/h6-8,10,22H,3-5,9H2,1-2H3,(H,24,26)(H,25,27). The van der Waals surface area contributed by atoms with E-state index in [0.29, 0.717) is 23.9 Å². The van der Waals surface area contributed by atoms with Crippen molar-refractivity contribution in [1.29, 1.82) is 0 Å². The number of fused-ring (bicyclic) bond motifs is 1. The van der Waals surface area contributed by atoms with Crippen LogP contribution in [0, 0.1) is 5.82 Å². The van der Waals surface area contributed by atoms with Gasteiger partial charge >= 0.3 is 0 Å². The molecule has 0 unspecified atom stereocenters. The van der Waals surface area contributed by atoms with Gasteiger partial charge in [-0.05, 0) is 25.1 Å². The SMILES string of the molecule is CCCS(=O)(=O)Nc1ncc(Cl)c(-c2cc3cnc(CNCC)cc3[nH]c2=O)c1F. The summed E-state index contributed by atoms with van der Waals surface area (Å²) in [7, 11) is -3.77. The molecule has 8 nitrogen and oxygen atoms in total. The summed E-state index contributed by atoms with van der Waals surface area (Å²) in [4.78, 5) is 23.5.